The van der Waals surface area contributed by atoms with Gasteiger partial charge < -0.3 is 15.4 Å². The Balaban J connectivity index is 1.82. The van der Waals surface area contributed by atoms with E-state index in [1.165, 1.54) is 0 Å². The maximum Gasteiger partial charge on any atom is 0.237 e. The van der Waals surface area contributed by atoms with Crippen LogP contribution in [0.1, 0.15) is 25.3 Å². The standard InChI is InChI=1S/C15H22N2O2/c1-11-7-8-16-14(9-11)15(18)17-10-12-3-5-13(19-2)6-4-12/h3-6,11,14,16H,7-10H2,1-2H3,(H,17,18). The van der Waals surface area contributed by atoms with Crippen molar-refractivity contribution < 1.29 is 9.53 Å². The predicted molar refractivity (Wildman–Crippen MR) is 75.0 cm³/mol. The summed E-state index contributed by atoms with van der Waals surface area (Å²) in [6, 6.07) is 7.71. The summed E-state index contributed by atoms with van der Waals surface area (Å²) in [7, 11) is 1.65. The molecule has 0 bridgehead atoms. The van der Waals surface area contributed by atoms with E-state index in [0.717, 1.165) is 30.7 Å². The minimum Gasteiger partial charge on any atom is -0.497 e. The number of amides is 1. The van der Waals surface area contributed by atoms with Crippen molar-refractivity contribution in [2.45, 2.75) is 32.4 Å². The quantitative estimate of drug-likeness (QED) is 0.868. The van der Waals surface area contributed by atoms with Crippen LogP contribution in [0.3, 0.4) is 0 Å². The van der Waals surface area contributed by atoms with Gasteiger partial charge in [0, 0.05) is 6.54 Å². The van der Waals surface area contributed by atoms with E-state index in [9.17, 15) is 4.79 Å². The Morgan fingerprint density at radius 2 is 2.16 bits per heavy atom. The van der Waals surface area contributed by atoms with Crippen LogP contribution in [0, 0.1) is 5.92 Å². The van der Waals surface area contributed by atoms with E-state index in [0.29, 0.717) is 12.5 Å². The van der Waals surface area contributed by atoms with Gasteiger partial charge in [0.2, 0.25) is 5.91 Å². The van der Waals surface area contributed by atoms with E-state index in [4.69, 9.17) is 4.74 Å². The molecule has 1 aromatic carbocycles. The number of carbonyl (C=O) groups excluding carboxylic acids is 1. The molecule has 2 atom stereocenters. The highest BCUT2D eigenvalue weighted by molar-refractivity contribution is 5.81. The summed E-state index contributed by atoms with van der Waals surface area (Å²) in [5.41, 5.74) is 1.08. The largest absolute Gasteiger partial charge is 0.497 e. The van der Waals surface area contributed by atoms with Crippen LogP contribution in [-0.4, -0.2) is 25.6 Å². The number of ether oxygens (including phenoxy) is 1. The molecule has 4 nitrogen and oxygen atoms in total. The number of piperidine rings is 1. The summed E-state index contributed by atoms with van der Waals surface area (Å²) >= 11 is 0. The molecule has 0 saturated carbocycles. The fourth-order valence-corrected chi connectivity index (χ4v) is 2.36. The van der Waals surface area contributed by atoms with Gasteiger partial charge in [-0.15, -0.1) is 0 Å². The highest BCUT2D eigenvalue weighted by Crippen LogP contribution is 2.15. The van der Waals surface area contributed by atoms with Crippen LogP contribution in [0.2, 0.25) is 0 Å². The van der Waals surface area contributed by atoms with Crippen LogP contribution < -0.4 is 15.4 Å². The number of hydrogen-bond donors (Lipinski definition) is 2. The van der Waals surface area contributed by atoms with E-state index < -0.39 is 0 Å². The van der Waals surface area contributed by atoms with Gasteiger partial charge in [0.05, 0.1) is 13.2 Å². The highest BCUT2D eigenvalue weighted by atomic mass is 16.5. The third-order valence-electron chi connectivity index (χ3n) is 3.61. The second-order valence-corrected chi connectivity index (χ2v) is 5.20. The lowest BCUT2D eigenvalue weighted by Gasteiger charge is -2.27. The van der Waals surface area contributed by atoms with E-state index in [1.54, 1.807) is 7.11 Å². The Kier molecular flexibility index (Phi) is 4.80. The minimum atomic E-state index is -0.0398. The van der Waals surface area contributed by atoms with E-state index in [-0.39, 0.29) is 11.9 Å². The van der Waals surface area contributed by atoms with Crippen molar-refractivity contribution >= 4 is 5.91 Å². The third-order valence-corrected chi connectivity index (χ3v) is 3.61. The van der Waals surface area contributed by atoms with Crippen LogP contribution in [0.15, 0.2) is 24.3 Å². The summed E-state index contributed by atoms with van der Waals surface area (Å²) in [5.74, 6) is 1.55. The lowest BCUT2D eigenvalue weighted by Crippen LogP contribution is -2.48. The van der Waals surface area contributed by atoms with Crippen LogP contribution in [0.4, 0.5) is 0 Å². The maximum atomic E-state index is 12.0. The van der Waals surface area contributed by atoms with E-state index in [1.807, 2.05) is 24.3 Å². The first-order valence-electron chi connectivity index (χ1n) is 6.83. The molecule has 0 aliphatic carbocycles. The Morgan fingerprint density at radius 1 is 1.42 bits per heavy atom. The van der Waals surface area contributed by atoms with Gasteiger partial charge in [-0.25, -0.2) is 0 Å². The Labute approximate surface area is 114 Å². The first kappa shape index (κ1) is 13.9. The molecule has 2 rings (SSSR count). The minimum absolute atomic E-state index is 0.0398. The maximum absolute atomic E-state index is 12.0. The van der Waals surface area contributed by atoms with Crippen molar-refractivity contribution in [1.29, 1.82) is 0 Å². The van der Waals surface area contributed by atoms with Gasteiger partial charge >= 0.3 is 0 Å². The molecule has 0 radical (unpaired) electrons. The van der Waals surface area contributed by atoms with Crippen LogP contribution in [0.25, 0.3) is 0 Å². The van der Waals surface area contributed by atoms with Gasteiger partial charge in [-0.3, -0.25) is 4.79 Å². The molecule has 1 fully saturated rings. The summed E-state index contributed by atoms with van der Waals surface area (Å²) < 4.78 is 5.10. The van der Waals surface area contributed by atoms with Gasteiger partial charge in [0.25, 0.3) is 0 Å². The highest BCUT2D eigenvalue weighted by Gasteiger charge is 2.23. The molecular weight excluding hydrogens is 240 g/mol. The topological polar surface area (TPSA) is 50.4 Å². The van der Waals surface area contributed by atoms with E-state index in [2.05, 4.69) is 17.6 Å². The monoisotopic (exact) mass is 262 g/mol. The summed E-state index contributed by atoms with van der Waals surface area (Å²) in [6.07, 6.45) is 2.08. The van der Waals surface area contributed by atoms with Crippen LogP contribution >= 0.6 is 0 Å². The Morgan fingerprint density at radius 3 is 2.79 bits per heavy atom. The summed E-state index contributed by atoms with van der Waals surface area (Å²) in [4.78, 5) is 12.0. The zero-order valence-electron chi connectivity index (χ0n) is 11.6. The lowest BCUT2D eigenvalue weighted by atomic mass is 9.94. The average molecular weight is 262 g/mol. The van der Waals surface area contributed by atoms with Crippen molar-refractivity contribution in [2.24, 2.45) is 5.92 Å². The zero-order valence-corrected chi connectivity index (χ0v) is 11.6. The number of nitrogens with one attached hydrogen (secondary N) is 2. The molecule has 1 aliphatic heterocycles. The molecule has 0 aromatic heterocycles. The van der Waals surface area contributed by atoms with Crippen molar-refractivity contribution in [3.63, 3.8) is 0 Å². The normalized spacial score (nSPS) is 22.8. The van der Waals surface area contributed by atoms with Crippen molar-refractivity contribution in [2.75, 3.05) is 13.7 Å². The van der Waals surface area contributed by atoms with Crippen molar-refractivity contribution in [3.8, 4) is 5.75 Å². The molecule has 1 heterocycles. The first-order chi connectivity index (χ1) is 9.19. The number of benzene rings is 1. The van der Waals surface area contributed by atoms with Gasteiger partial charge in [-0.1, -0.05) is 19.1 Å². The molecule has 1 saturated heterocycles. The van der Waals surface area contributed by atoms with Crippen molar-refractivity contribution in [3.05, 3.63) is 29.8 Å². The van der Waals surface area contributed by atoms with E-state index >= 15 is 0 Å². The molecule has 2 N–H and O–H groups in total. The van der Waals surface area contributed by atoms with Crippen LogP contribution in [-0.2, 0) is 11.3 Å². The number of rotatable bonds is 4. The molecule has 104 valence electrons. The number of carbonyl (C=O) groups is 1. The van der Waals surface area contributed by atoms with Crippen LogP contribution in [0.5, 0.6) is 5.75 Å². The fourth-order valence-electron chi connectivity index (χ4n) is 2.36. The molecule has 19 heavy (non-hydrogen) atoms. The Bertz CT molecular complexity index is 417. The number of hydrogen-bond acceptors (Lipinski definition) is 3. The summed E-state index contributed by atoms with van der Waals surface area (Å²) in [6.45, 7) is 3.70. The predicted octanol–water partition coefficient (Wildman–Crippen LogP) is 1.70. The third kappa shape index (κ3) is 3.96. The van der Waals surface area contributed by atoms with Crippen molar-refractivity contribution in [1.82, 2.24) is 10.6 Å². The molecule has 1 aliphatic rings. The molecular formula is C15H22N2O2. The molecule has 1 amide bonds. The molecule has 2 unspecified atom stereocenters. The number of methoxy groups -OCH3 is 1. The molecule has 1 aromatic rings. The zero-order chi connectivity index (χ0) is 13.7. The Hall–Kier alpha value is -1.55. The van der Waals surface area contributed by atoms with Gasteiger partial charge in [-0.05, 0) is 43.0 Å². The molecule has 0 spiro atoms. The fraction of sp³-hybridized carbons (Fsp3) is 0.533. The second kappa shape index (κ2) is 6.57. The smallest absolute Gasteiger partial charge is 0.237 e. The SMILES string of the molecule is COc1ccc(CNC(=O)C2CC(C)CCN2)cc1. The summed E-state index contributed by atoms with van der Waals surface area (Å²) in [5, 5.41) is 6.26. The first-order valence-corrected chi connectivity index (χ1v) is 6.83. The molecule has 4 heteroatoms. The van der Waals surface area contributed by atoms with Gasteiger partial charge in [0.15, 0.2) is 0 Å². The van der Waals surface area contributed by atoms with Gasteiger partial charge in [-0.2, -0.15) is 0 Å². The second-order valence-electron chi connectivity index (χ2n) is 5.20. The average Bonchev–Trinajstić information content (AvgIpc) is 2.45. The van der Waals surface area contributed by atoms with Gasteiger partial charge in [0.1, 0.15) is 5.75 Å². The lowest BCUT2D eigenvalue weighted by molar-refractivity contribution is -0.124.